The summed E-state index contributed by atoms with van der Waals surface area (Å²) in [4.78, 5) is 4.21. The Labute approximate surface area is 154 Å². The molecule has 0 saturated carbocycles. The summed E-state index contributed by atoms with van der Waals surface area (Å²) < 4.78 is 29.7. The van der Waals surface area contributed by atoms with E-state index >= 15 is 0 Å². The third kappa shape index (κ3) is 5.47. The largest absolute Gasteiger partial charge is 0.494 e. The summed E-state index contributed by atoms with van der Waals surface area (Å²) >= 11 is 0. The van der Waals surface area contributed by atoms with Gasteiger partial charge in [-0.1, -0.05) is 12.1 Å². The molecule has 0 aliphatic carbocycles. The summed E-state index contributed by atoms with van der Waals surface area (Å²) in [6.07, 6.45) is 1.43. The van der Waals surface area contributed by atoms with Crippen molar-refractivity contribution in [3.05, 3.63) is 54.1 Å². The van der Waals surface area contributed by atoms with E-state index in [0.717, 1.165) is 11.3 Å². The molecule has 0 heterocycles. The number of aliphatic hydroxyl groups is 1. The molecule has 0 spiro atoms. The van der Waals surface area contributed by atoms with Gasteiger partial charge in [0.2, 0.25) is 0 Å². The molecule has 2 rings (SSSR count). The number of benzene rings is 2. The van der Waals surface area contributed by atoms with E-state index in [1.807, 2.05) is 43.1 Å². The molecule has 0 aliphatic rings. The van der Waals surface area contributed by atoms with E-state index in [1.165, 1.54) is 18.3 Å². The van der Waals surface area contributed by atoms with Gasteiger partial charge in [0, 0.05) is 19.3 Å². The van der Waals surface area contributed by atoms with E-state index in [0.29, 0.717) is 18.9 Å². The van der Waals surface area contributed by atoms with Crippen molar-refractivity contribution in [3.63, 3.8) is 0 Å². The second kappa shape index (κ2) is 9.21. The highest BCUT2D eigenvalue weighted by atomic mass is 32.2. The van der Waals surface area contributed by atoms with Crippen LogP contribution in [0.25, 0.3) is 0 Å². The van der Waals surface area contributed by atoms with Crippen LogP contribution >= 0.6 is 0 Å². The highest BCUT2D eigenvalue weighted by Crippen LogP contribution is 2.16. The van der Waals surface area contributed by atoms with Crippen LogP contribution < -0.4 is 14.5 Å². The number of nitrogens with zero attached hydrogens (tertiary/aromatic N) is 2. The van der Waals surface area contributed by atoms with E-state index in [4.69, 9.17) is 9.84 Å². The van der Waals surface area contributed by atoms with Crippen LogP contribution in [0.5, 0.6) is 5.75 Å². The Morgan fingerprint density at radius 1 is 1.15 bits per heavy atom. The Morgan fingerprint density at radius 2 is 1.81 bits per heavy atom. The zero-order valence-corrected chi connectivity index (χ0v) is 15.6. The van der Waals surface area contributed by atoms with E-state index in [-0.39, 0.29) is 11.5 Å². The average molecular weight is 377 g/mol. The van der Waals surface area contributed by atoms with Crippen LogP contribution in [0, 0.1) is 0 Å². The molecular formula is C18H23N3O4S. The van der Waals surface area contributed by atoms with Gasteiger partial charge < -0.3 is 14.7 Å². The fraction of sp³-hybridized carbons (Fsp3) is 0.278. The number of aliphatic hydroxyl groups excluding tert-OH is 1. The Balaban J connectivity index is 2.00. The molecule has 26 heavy (non-hydrogen) atoms. The molecule has 0 unspecified atom stereocenters. The minimum absolute atomic E-state index is 0.0764. The summed E-state index contributed by atoms with van der Waals surface area (Å²) in [6, 6.07) is 13.5. The number of likely N-dealkylation sites (N-methyl/N-ethyl adjacent to an activating group) is 1. The fourth-order valence-corrected chi connectivity index (χ4v) is 2.99. The topological polar surface area (TPSA) is 91.2 Å². The number of rotatable bonds is 9. The predicted octanol–water partition coefficient (Wildman–Crippen LogP) is 1.83. The Bertz CT molecular complexity index is 819. The molecule has 2 aromatic rings. The standard InChI is InChI=1S/C18H23N3O4S/c1-3-25-17-8-10-18(11-9-17)26(23,24)20-19-14-15-4-6-16(7-5-15)21(2)12-13-22/h4-11,14,20,22H,3,12-13H2,1-2H3. The van der Waals surface area contributed by atoms with Crippen LogP contribution in [0.4, 0.5) is 5.69 Å². The average Bonchev–Trinajstić information content (AvgIpc) is 2.63. The summed E-state index contributed by atoms with van der Waals surface area (Å²) in [5.74, 6) is 0.612. The lowest BCUT2D eigenvalue weighted by atomic mass is 10.2. The molecule has 0 fully saturated rings. The first-order chi connectivity index (χ1) is 12.5. The van der Waals surface area contributed by atoms with Crippen molar-refractivity contribution in [3.8, 4) is 5.75 Å². The maximum absolute atomic E-state index is 12.2. The third-order valence-electron chi connectivity index (χ3n) is 3.60. The summed E-state index contributed by atoms with van der Waals surface area (Å²) in [6.45, 7) is 2.99. The molecule has 0 atom stereocenters. The van der Waals surface area contributed by atoms with Crippen LogP contribution in [0.15, 0.2) is 58.5 Å². The molecule has 0 amide bonds. The summed E-state index contributed by atoms with van der Waals surface area (Å²) in [7, 11) is -1.85. The molecule has 0 radical (unpaired) electrons. The van der Waals surface area contributed by atoms with Gasteiger partial charge in [-0.15, -0.1) is 0 Å². The lowest BCUT2D eigenvalue weighted by Gasteiger charge is -2.17. The van der Waals surface area contributed by atoms with E-state index in [9.17, 15) is 8.42 Å². The van der Waals surface area contributed by atoms with E-state index in [2.05, 4.69) is 9.93 Å². The van der Waals surface area contributed by atoms with Crippen LogP contribution in [-0.4, -0.2) is 46.5 Å². The van der Waals surface area contributed by atoms with E-state index in [1.54, 1.807) is 12.1 Å². The van der Waals surface area contributed by atoms with Crippen LogP contribution in [0.3, 0.4) is 0 Å². The van der Waals surface area contributed by atoms with Crippen molar-refractivity contribution in [1.82, 2.24) is 4.83 Å². The molecule has 0 aromatic heterocycles. The zero-order valence-electron chi connectivity index (χ0n) is 14.8. The lowest BCUT2D eigenvalue weighted by molar-refractivity contribution is 0.304. The first kappa shape index (κ1) is 19.7. The SMILES string of the molecule is CCOc1ccc(S(=O)(=O)NN=Cc2ccc(N(C)CCO)cc2)cc1. The maximum atomic E-state index is 12.2. The van der Waals surface area contributed by atoms with Gasteiger partial charge in [0.1, 0.15) is 5.75 Å². The summed E-state index contributed by atoms with van der Waals surface area (Å²) in [5.41, 5.74) is 1.70. The van der Waals surface area contributed by atoms with Crippen molar-refractivity contribution in [1.29, 1.82) is 0 Å². The van der Waals surface area contributed by atoms with Gasteiger partial charge in [0.15, 0.2) is 0 Å². The predicted molar refractivity (Wildman–Crippen MR) is 102 cm³/mol. The molecule has 7 nitrogen and oxygen atoms in total. The Hall–Kier alpha value is -2.58. The molecule has 2 aromatic carbocycles. The van der Waals surface area contributed by atoms with Crippen LogP contribution in [0.2, 0.25) is 0 Å². The number of hydrazone groups is 1. The van der Waals surface area contributed by atoms with E-state index < -0.39 is 10.0 Å². The molecule has 140 valence electrons. The van der Waals surface area contributed by atoms with Crippen LogP contribution in [0.1, 0.15) is 12.5 Å². The molecule has 8 heteroatoms. The maximum Gasteiger partial charge on any atom is 0.276 e. The van der Waals surface area contributed by atoms with Gasteiger partial charge in [-0.2, -0.15) is 13.5 Å². The quantitative estimate of drug-likeness (QED) is 0.514. The highest BCUT2D eigenvalue weighted by molar-refractivity contribution is 7.89. The zero-order chi connectivity index (χ0) is 19.0. The number of hydrogen-bond acceptors (Lipinski definition) is 6. The van der Waals surface area contributed by atoms with Crippen molar-refractivity contribution in [2.24, 2.45) is 5.10 Å². The van der Waals surface area contributed by atoms with Gasteiger partial charge in [-0.3, -0.25) is 0 Å². The van der Waals surface area contributed by atoms with Crippen molar-refractivity contribution >= 4 is 21.9 Å². The molecular weight excluding hydrogens is 354 g/mol. The first-order valence-electron chi connectivity index (χ1n) is 8.16. The summed E-state index contributed by atoms with van der Waals surface area (Å²) in [5, 5.41) is 12.8. The Kier molecular flexibility index (Phi) is 6.99. The number of ether oxygens (including phenoxy) is 1. The minimum atomic E-state index is -3.73. The third-order valence-corrected chi connectivity index (χ3v) is 4.84. The van der Waals surface area contributed by atoms with Crippen molar-refractivity contribution in [2.45, 2.75) is 11.8 Å². The molecule has 0 aliphatic heterocycles. The van der Waals surface area contributed by atoms with Gasteiger partial charge in [0.05, 0.1) is 24.3 Å². The second-order valence-corrected chi connectivity index (χ2v) is 7.15. The molecule has 0 bridgehead atoms. The number of anilines is 1. The number of sulfonamides is 1. The van der Waals surface area contributed by atoms with Gasteiger partial charge in [-0.25, -0.2) is 4.83 Å². The normalized spacial score (nSPS) is 11.5. The fourth-order valence-electron chi connectivity index (χ4n) is 2.20. The van der Waals surface area contributed by atoms with Crippen molar-refractivity contribution < 1.29 is 18.3 Å². The van der Waals surface area contributed by atoms with Gasteiger partial charge in [-0.05, 0) is 48.9 Å². The first-order valence-corrected chi connectivity index (χ1v) is 9.64. The van der Waals surface area contributed by atoms with Gasteiger partial charge in [0.25, 0.3) is 10.0 Å². The highest BCUT2D eigenvalue weighted by Gasteiger charge is 2.12. The van der Waals surface area contributed by atoms with Gasteiger partial charge >= 0.3 is 0 Å². The smallest absolute Gasteiger partial charge is 0.276 e. The lowest BCUT2D eigenvalue weighted by Crippen LogP contribution is -2.21. The molecule has 2 N–H and O–H groups in total. The van der Waals surface area contributed by atoms with Crippen LogP contribution in [-0.2, 0) is 10.0 Å². The molecule has 0 saturated heterocycles. The number of nitrogens with one attached hydrogen (secondary N) is 1. The Morgan fingerprint density at radius 3 is 2.38 bits per heavy atom. The minimum Gasteiger partial charge on any atom is -0.494 e. The van der Waals surface area contributed by atoms with Crippen molar-refractivity contribution in [2.75, 3.05) is 31.7 Å². The second-order valence-electron chi connectivity index (χ2n) is 5.49. The monoisotopic (exact) mass is 377 g/mol. The number of hydrogen-bond donors (Lipinski definition) is 2.